The maximum atomic E-state index is 8.63. The van der Waals surface area contributed by atoms with Crippen molar-refractivity contribution in [3.63, 3.8) is 0 Å². The first-order chi connectivity index (χ1) is 10.2. The van der Waals surface area contributed by atoms with Gasteiger partial charge in [-0.05, 0) is 19.1 Å². The van der Waals surface area contributed by atoms with Gasteiger partial charge in [0.05, 0.1) is 32.6 Å². The lowest BCUT2D eigenvalue weighted by Crippen LogP contribution is -2.40. The van der Waals surface area contributed by atoms with Gasteiger partial charge in [0.15, 0.2) is 5.96 Å². The zero-order valence-electron chi connectivity index (χ0n) is 13.0. The lowest BCUT2D eigenvalue weighted by molar-refractivity contribution is 0.0957. The minimum absolute atomic E-state index is 0. The van der Waals surface area contributed by atoms with Gasteiger partial charge in [-0.15, -0.1) is 24.0 Å². The van der Waals surface area contributed by atoms with Crippen LogP contribution in [-0.2, 0) is 11.2 Å². The van der Waals surface area contributed by atoms with E-state index in [2.05, 4.69) is 22.2 Å². The second-order valence-electron chi connectivity index (χ2n) is 4.64. The molecule has 0 aliphatic carbocycles. The summed E-state index contributed by atoms with van der Waals surface area (Å²) in [7, 11) is 0. The Morgan fingerprint density at radius 3 is 2.77 bits per heavy atom. The van der Waals surface area contributed by atoms with Gasteiger partial charge in [0.1, 0.15) is 5.76 Å². The largest absolute Gasteiger partial charge is 0.469 e. The highest BCUT2D eigenvalue weighted by atomic mass is 127. The van der Waals surface area contributed by atoms with E-state index >= 15 is 0 Å². The molecule has 1 heterocycles. The van der Waals surface area contributed by atoms with E-state index in [1.165, 1.54) is 0 Å². The Hall–Kier alpha value is -1.06. The quantitative estimate of drug-likeness (QED) is 0.175. The zero-order chi connectivity index (χ0) is 15.3. The number of furan rings is 1. The van der Waals surface area contributed by atoms with Gasteiger partial charge in [-0.2, -0.15) is 0 Å². The fourth-order valence-electron chi connectivity index (χ4n) is 1.56. The molecule has 1 aromatic rings. The van der Waals surface area contributed by atoms with Gasteiger partial charge in [-0.25, -0.2) is 4.99 Å². The smallest absolute Gasteiger partial charge is 0.191 e. The minimum atomic E-state index is 0. The predicted molar refractivity (Wildman–Crippen MR) is 98.9 cm³/mol. The third-order valence-corrected chi connectivity index (χ3v) is 2.53. The van der Waals surface area contributed by atoms with Crippen LogP contribution in [0.4, 0.5) is 0 Å². The molecule has 0 aromatic carbocycles. The molecule has 6 nitrogen and oxygen atoms in total. The molecule has 126 valence electrons. The molecule has 0 aliphatic heterocycles. The summed E-state index contributed by atoms with van der Waals surface area (Å²) in [6.07, 6.45) is 2.46. The van der Waals surface area contributed by atoms with Gasteiger partial charge in [0.2, 0.25) is 0 Å². The molecule has 0 unspecified atom stereocenters. The first-order valence-electron chi connectivity index (χ1n) is 7.10. The molecule has 0 radical (unpaired) electrons. The van der Waals surface area contributed by atoms with Crippen molar-refractivity contribution >= 4 is 29.9 Å². The Morgan fingerprint density at radius 2 is 2.14 bits per heavy atom. The number of ether oxygens (including phenoxy) is 1. The van der Waals surface area contributed by atoms with Crippen LogP contribution in [0, 0.1) is 0 Å². The van der Waals surface area contributed by atoms with Gasteiger partial charge in [0.25, 0.3) is 0 Å². The summed E-state index contributed by atoms with van der Waals surface area (Å²) in [4.78, 5) is 4.42. The highest BCUT2D eigenvalue weighted by molar-refractivity contribution is 14.0. The molecule has 1 aromatic heterocycles. The van der Waals surface area contributed by atoms with Crippen LogP contribution in [0.15, 0.2) is 40.0 Å². The van der Waals surface area contributed by atoms with E-state index in [-0.39, 0.29) is 30.6 Å². The lowest BCUT2D eigenvalue weighted by Gasteiger charge is -2.12. The molecule has 0 saturated heterocycles. The molecule has 7 heteroatoms. The molecule has 0 aliphatic rings. The Morgan fingerprint density at radius 1 is 1.36 bits per heavy atom. The summed E-state index contributed by atoms with van der Waals surface area (Å²) < 4.78 is 10.5. The SMILES string of the molecule is C=C(C)CN=C(NCCOCCO)NCCc1ccco1.I. The number of hydrogen-bond acceptors (Lipinski definition) is 4. The number of nitrogens with zero attached hydrogens (tertiary/aromatic N) is 1. The number of nitrogens with one attached hydrogen (secondary N) is 2. The van der Waals surface area contributed by atoms with Gasteiger partial charge >= 0.3 is 0 Å². The highest BCUT2D eigenvalue weighted by Gasteiger charge is 2.00. The molecular formula is C15H26IN3O3. The summed E-state index contributed by atoms with van der Waals surface area (Å²) in [5.74, 6) is 1.66. The molecule has 1 rings (SSSR count). The molecule has 0 saturated carbocycles. The second-order valence-corrected chi connectivity index (χ2v) is 4.64. The molecule has 0 amide bonds. The molecule has 3 N–H and O–H groups in total. The van der Waals surface area contributed by atoms with Gasteiger partial charge < -0.3 is 24.9 Å². The van der Waals surface area contributed by atoms with Crippen molar-refractivity contribution < 1.29 is 14.3 Å². The van der Waals surface area contributed by atoms with Crippen molar-refractivity contribution in [3.8, 4) is 0 Å². The zero-order valence-corrected chi connectivity index (χ0v) is 15.3. The van der Waals surface area contributed by atoms with E-state index in [9.17, 15) is 0 Å². The second kappa shape index (κ2) is 13.6. The van der Waals surface area contributed by atoms with E-state index in [0.717, 1.165) is 30.3 Å². The number of halogens is 1. The normalized spacial score (nSPS) is 10.9. The van der Waals surface area contributed by atoms with Crippen LogP contribution >= 0.6 is 24.0 Å². The average Bonchev–Trinajstić information content (AvgIpc) is 2.97. The molecule has 22 heavy (non-hydrogen) atoms. The summed E-state index contributed by atoms with van der Waals surface area (Å²) in [6, 6.07) is 3.82. The average molecular weight is 423 g/mol. The highest BCUT2D eigenvalue weighted by Crippen LogP contribution is 1.99. The Bertz CT molecular complexity index is 422. The van der Waals surface area contributed by atoms with Crippen LogP contribution in [0.3, 0.4) is 0 Å². The van der Waals surface area contributed by atoms with Crippen LogP contribution < -0.4 is 10.6 Å². The predicted octanol–water partition coefficient (Wildman–Crippen LogP) is 1.56. The fraction of sp³-hybridized carbons (Fsp3) is 0.533. The van der Waals surface area contributed by atoms with Crippen LogP contribution in [0.2, 0.25) is 0 Å². The molecule has 0 fully saturated rings. The van der Waals surface area contributed by atoms with Crippen molar-refractivity contribution in [2.75, 3.05) is 39.5 Å². The van der Waals surface area contributed by atoms with Crippen LogP contribution in [0.25, 0.3) is 0 Å². The maximum Gasteiger partial charge on any atom is 0.191 e. The number of aliphatic hydroxyl groups is 1. The standard InChI is InChI=1S/C15H25N3O3.HI/c1-13(2)12-18-15(17-7-10-20-11-8-19)16-6-5-14-4-3-9-21-14;/h3-4,9,19H,1,5-8,10-12H2,2H3,(H2,16,17,18);1H. The van der Waals surface area contributed by atoms with Crippen molar-refractivity contribution in [2.45, 2.75) is 13.3 Å². The van der Waals surface area contributed by atoms with Gasteiger partial charge in [0, 0.05) is 19.5 Å². The fourth-order valence-corrected chi connectivity index (χ4v) is 1.56. The molecular weight excluding hydrogens is 397 g/mol. The third-order valence-electron chi connectivity index (χ3n) is 2.53. The van der Waals surface area contributed by atoms with Crippen LogP contribution in [0.1, 0.15) is 12.7 Å². The number of aliphatic imine (C=N–C) groups is 1. The number of guanidine groups is 1. The number of hydrogen-bond donors (Lipinski definition) is 3. The topological polar surface area (TPSA) is 79.0 Å². The Labute approximate surface area is 149 Å². The summed E-state index contributed by atoms with van der Waals surface area (Å²) in [5.41, 5.74) is 0.999. The first kappa shape index (κ1) is 20.9. The van der Waals surface area contributed by atoms with Crippen molar-refractivity contribution in [2.24, 2.45) is 4.99 Å². The van der Waals surface area contributed by atoms with Crippen LogP contribution in [-0.4, -0.2) is 50.5 Å². The van der Waals surface area contributed by atoms with Crippen molar-refractivity contribution in [1.29, 1.82) is 0 Å². The third kappa shape index (κ3) is 10.6. The monoisotopic (exact) mass is 423 g/mol. The van der Waals surface area contributed by atoms with E-state index < -0.39 is 0 Å². The van der Waals surface area contributed by atoms with Gasteiger partial charge in [-0.3, -0.25) is 0 Å². The van der Waals surface area contributed by atoms with Crippen molar-refractivity contribution in [1.82, 2.24) is 10.6 Å². The van der Waals surface area contributed by atoms with E-state index in [0.29, 0.717) is 26.3 Å². The van der Waals surface area contributed by atoms with Crippen LogP contribution in [0.5, 0.6) is 0 Å². The van der Waals surface area contributed by atoms with E-state index in [4.69, 9.17) is 14.3 Å². The molecule has 0 spiro atoms. The lowest BCUT2D eigenvalue weighted by atomic mass is 10.3. The first-order valence-corrected chi connectivity index (χ1v) is 7.10. The van der Waals surface area contributed by atoms with E-state index in [1.807, 2.05) is 19.1 Å². The summed E-state index contributed by atoms with van der Waals surface area (Å²) in [5, 5.41) is 15.0. The minimum Gasteiger partial charge on any atom is -0.469 e. The molecule has 0 bridgehead atoms. The number of aliphatic hydroxyl groups excluding tert-OH is 1. The van der Waals surface area contributed by atoms with Crippen molar-refractivity contribution in [3.05, 3.63) is 36.3 Å². The Kier molecular flexibility index (Phi) is 12.9. The summed E-state index contributed by atoms with van der Waals surface area (Å²) >= 11 is 0. The van der Waals surface area contributed by atoms with E-state index in [1.54, 1.807) is 6.26 Å². The maximum absolute atomic E-state index is 8.63. The summed E-state index contributed by atoms with van der Waals surface area (Å²) in [6.45, 7) is 8.62. The number of rotatable bonds is 10. The Balaban J connectivity index is 0.00000441. The molecule has 0 atom stereocenters. The van der Waals surface area contributed by atoms with Gasteiger partial charge in [-0.1, -0.05) is 12.2 Å².